The Hall–Kier alpha value is -3.19. The predicted molar refractivity (Wildman–Crippen MR) is 94.6 cm³/mol. The molecule has 1 amide bonds. The van der Waals surface area contributed by atoms with Crippen LogP contribution >= 0.6 is 11.3 Å². The van der Waals surface area contributed by atoms with Gasteiger partial charge in [0.25, 0.3) is 5.91 Å². The first-order valence-electron chi connectivity index (χ1n) is 7.68. The fraction of sp³-hybridized carbons (Fsp3) is 0.0556. The SMILES string of the molecule is O=C(NCc1ccco1)c1nc(-c2cccs2)n(-c2ccccc2)n1. The van der Waals surface area contributed by atoms with E-state index in [1.54, 1.807) is 34.4 Å². The average molecular weight is 350 g/mol. The summed E-state index contributed by atoms with van der Waals surface area (Å²) in [6.45, 7) is 0.292. The first-order chi connectivity index (χ1) is 12.3. The van der Waals surface area contributed by atoms with E-state index in [9.17, 15) is 4.79 Å². The smallest absolute Gasteiger partial charge is 0.291 e. The van der Waals surface area contributed by atoms with Gasteiger partial charge in [-0.15, -0.1) is 16.4 Å². The van der Waals surface area contributed by atoms with Crippen LogP contribution in [0.5, 0.6) is 0 Å². The summed E-state index contributed by atoms with van der Waals surface area (Å²) < 4.78 is 6.91. The number of aromatic nitrogens is 3. The van der Waals surface area contributed by atoms with Gasteiger partial charge in [0.15, 0.2) is 5.82 Å². The van der Waals surface area contributed by atoms with Gasteiger partial charge in [-0.25, -0.2) is 9.67 Å². The van der Waals surface area contributed by atoms with Crippen LogP contribution in [0.3, 0.4) is 0 Å². The number of hydrogen-bond donors (Lipinski definition) is 1. The summed E-state index contributed by atoms with van der Waals surface area (Å²) in [4.78, 5) is 17.8. The van der Waals surface area contributed by atoms with E-state index in [0.717, 1.165) is 10.6 Å². The molecule has 0 fully saturated rings. The van der Waals surface area contributed by atoms with Crippen molar-refractivity contribution in [1.29, 1.82) is 0 Å². The van der Waals surface area contributed by atoms with Gasteiger partial charge in [0.05, 0.1) is 23.4 Å². The first-order valence-corrected chi connectivity index (χ1v) is 8.56. The average Bonchev–Trinajstić information content (AvgIpc) is 3.41. The predicted octanol–water partition coefficient (Wildman–Crippen LogP) is 3.52. The van der Waals surface area contributed by atoms with Crippen LogP contribution in [0.4, 0.5) is 0 Å². The molecule has 0 radical (unpaired) electrons. The number of para-hydroxylation sites is 1. The Morgan fingerprint density at radius 1 is 1.12 bits per heavy atom. The van der Waals surface area contributed by atoms with E-state index in [2.05, 4.69) is 15.4 Å². The van der Waals surface area contributed by atoms with E-state index in [4.69, 9.17) is 4.42 Å². The van der Waals surface area contributed by atoms with Gasteiger partial charge in [-0.3, -0.25) is 4.79 Å². The van der Waals surface area contributed by atoms with Crippen molar-refractivity contribution in [2.75, 3.05) is 0 Å². The van der Waals surface area contributed by atoms with Crippen LogP contribution in [0, 0.1) is 0 Å². The second-order valence-electron chi connectivity index (χ2n) is 5.25. The molecule has 1 aromatic carbocycles. The Kier molecular flexibility index (Phi) is 4.14. The number of carbonyl (C=O) groups excluding carboxylic acids is 1. The lowest BCUT2D eigenvalue weighted by atomic mass is 10.3. The molecule has 0 saturated carbocycles. The molecular weight excluding hydrogens is 336 g/mol. The van der Waals surface area contributed by atoms with E-state index in [1.807, 2.05) is 47.8 Å². The van der Waals surface area contributed by atoms with Gasteiger partial charge < -0.3 is 9.73 Å². The molecule has 0 saturated heterocycles. The van der Waals surface area contributed by atoms with Crippen LogP contribution in [-0.2, 0) is 6.54 Å². The van der Waals surface area contributed by atoms with Gasteiger partial charge in [0.1, 0.15) is 5.76 Å². The van der Waals surface area contributed by atoms with Crippen molar-refractivity contribution in [3.63, 3.8) is 0 Å². The highest BCUT2D eigenvalue weighted by Gasteiger charge is 2.19. The number of thiophene rings is 1. The lowest BCUT2D eigenvalue weighted by molar-refractivity contribution is 0.0937. The Morgan fingerprint density at radius 3 is 2.72 bits per heavy atom. The third kappa shape index (κ3) is 3.22. The molecule has 4 rings (SSSR count). The lowest BCUT2D eigenvalue weighted by Crippen LogP contribution is -2.24. The number of furan rings is 1. The van der Waals surface area contributed by atoms with Gasteiger partial charge in [-0.05, 0) is 35.7 Å². The third-order valence-corrected chi connectivity index (χ3v) is 4.42. The molecule has 25 heavy (non-hydrogen) atoms. The molecule has 3 heterocycles. The molecule has 4 aromatic rings. The lowest BCUT2D eigenvalue weighted by Gasteiger charge is -2.03. The van der Waals surface area contributed by atoms with Crippen molar-refractivity contribution >= 4 is 17.2 Å². The molecule has 0 aliphatic rings. The zero-order valence-corrected chi connectivity index (χ0v) is 13.9. The van der Waals surface area contributed by atoms with Gasteiger partial charge in [-0.1, -0.05) is 24.3 Å². The normalized spacial score (nSPS) is 10.7. The Labute approximate surface area is 147 Å². The molecule has 0 atom stereocenters. The number of benzene rings is 1. The van der Waals surface area contributed by atoms with Crippen molar-refractivity contribution in [1.82, 2.24) is 20.1 Å². The first kappa shape index (κ1) is 15.3. The Morgan fingerprint density at radius 2 is 2.00 bits per heavy atom. The van der Waals surface area contributed by atoms with Crippen LogP contribution in [0.1, 0.15) is 16.4 Å². The number of rotatable bonds is 5. The summed E-state index contributed by atoms with van der Waals surface area (Å²) in [5, 5.41) is 9.15. The van der Waals surface area contributed by atoms with Crippen molar-refractivity contribution in [2.24, 2.45) is 0 Å². The van der Waals surface area contributed by atoms with E-state index >= 15 is 0 Å². The summed E-state index contributed by atoms with van der Waals surface area (Å²) in [5.74, 6) is 1.10. The quantitative estimate of drug-likeness (QED) is 0.598. The summed E-state index contributed by atoms with van der Waals surface area (Å²) in [5.41, 5.74) is 0.850. The molecule has 0 unspecified atom stereocenters. The second kappa shape index (κ2) is 6.74. The molecule has 3 aromatic heterocycles. The molecule has 0 aliphatic carbocycles. The minimum absolute atomic E-state index is 0.124. The maximum absolute atomic E-state index is 12.4. The van der Waals surface area contributed by atoms with Gasteiger partial charge >= 0.3 is 0 Å². The van der Waals surface area contributed by atoms with Crippen LogP contribution < -0.4 is 5.32 Å². The van der Waals surface area contributed by atoms with Crippen molar-refractivity contribution in [3.05, 3.63) is 77.8 Å². The minimum atomic E-state index is -0.344. The fourth-order valence-corrected chi connectivity index (χ4v) is 3.08. The van der Waals surface area contributed by atoms with Crippen LogP contribution in [-0.4, -0.2) is 20.7 Å². The number of nitrogens with one attached hydrogen (secondary N) is 1. The summed E-state index contributed by atoms with van der Waals surface area (Å²) in [7, 11) is 0. The fourth-order valence-electron chi connectivity index (χ4n) is 2.38. The van der Waals surface area contributed by atoms with Crippen molar-refractivity contribution in [3.8, 4) is 16.4 Å². The van der Waals surface area contributed by atoms with Crippen LogP contribution in [0.25, 0.3) is 16.4 Å². The molecular formula is C18H14N4O2S. The standard InChI is InChI=1S/C18H14N4O2S/c23-18(19-12-14-8-4-10-24-14)16-20-17(15-9-5-11-25-15)22(21-16)13-6-2-1-3-7-13/h1-11H,12H2,(H,19,23). The van der Waals surface area contributed by atoms with Gasteiger partial charge in [-0.2, -0.15) is 0 Å². The van der Waals surface area contributed by atoms with Crippen molar-refractivity contribution in [2.45, 2.75) is 6.54 Å². The third-order valence-electron chi connectivity index (χ3n) is 3.56. The van der Waals surface area contributed by atoms with E-state index in [-0.39, 0.29) is 11.7 Å². The summed E-state index contributed by atoms with van der Waals surface area (Å²) >= 11 is 1.55. The molecule has 7 heteroatoms. The number of amides is 1. The number of hydrogen-bond acceptors (Lipinski definition) is 5. The molecule has 0 spiro atoms. The highest BCUT2D eigenvalue weighted by Crippen LogP contribution is 2.25. The molecule has 6 nitrogen and oxygen atoms in total. The molecule has 0 aliphatic heterocycles. The molecule has 1 N–H and O–H groups in total. The minimum Gasteiger partial charge on any atom is -0.467 e. The molecule has 0 bridgehead atoms. The summed E-state index contributed by atoms with van der Waals surface area (Å²) in [6.07, 6.45) is 1.57. The maximum Gasteiger partial charge on any atom is 0.291 e. The Balaban J connectivity index is 1.66. The highest BCUT2D eigenvalue weighted by atomic mass is 32.1. The largest absolute Gasteiger partial charge is 0.467 e. The monoisotopic (exact) mass is 350 g/mol. The number of carbonyl (C=O) groups is 1. The van der Waals surface area contributed by atoms with Gasteiger partial charge in [0.2, 0.25) is 5.82 Å². The van der Waals surface area contributed by atoms with E-state index in [1.165, 1.54) is 0 Å². The van der Waals surface area contributed by atoms with Crippen LogP contribution in [0.2, 0.25) is 0 Å². The zero-order valence-electron chi connectivity index (χ0n) is 13.1. The molecule has 124 valence electrons. The topological polar surface area (TPSA) is 73.0 Å². The number of nitrogens with zero attached hydrogens (tertiary/aromatic N) is 3. The van der Waals surface area contributed by atoms with Crippen LogP contribution in [0.15, 0.2) is 70.7 Å². The van der Waals surface area contributed by atoms with Gasteiger partial charge in [0, 0.05) is 0 Å². The maximum atomic E-state index is 12.4. The highest BCUT2D eigenvalue weighted by molar-refractivity contribution is 7.13. The summed E-state index contributed by atoms with van der Waals surface area (Å²) in [6, 6.07) is 17.1. The van der Waals surface area contributed by atoms with E-state index in [0.29, 0.717) is 18.1 Å². The zero-order chi connectivity index (χ0) is 17.1. The Bertz CT molecular complexity index is 960. The van der Waals surface area contributed by atoms with E-state index < -0.39 is 0 Å². The van der Waals surface area contributed by atoms with Crippen molar-refractivity contribution < 1.29 is 9.21 Å². The second-order valence-corrected chi connectivity index (χ2v) is 6.19.